The molecule has 0 bridgehead atoms. The van der Waals surface area contributed by atoms with Gasteiger partial charge in [-0.15, -0.1) is 0 Å². The lowest BCUT2D eigenvalue weighted by atomic mass is 9.80. The van der Waals surface area contributed by atoms with E-state index in [0.717, 1.165) is 16.7 Å². The van der Waals surface area contributed by atoms with E-state index in [-0.39, 0.29) is 37.4 Å². The summed E-state index contributed by atoms with van der Waals surface area (Å²) in [5.41, 5.74) is 3.12. The second-order valence-electron chi connectivity index (χ2n) is 15.7. The molecule has 3 aromatic heterocycles. The van der Waals surface area contributed by atoms with Gasteiger partial charge in [-0.3, -0.25) is 10.1 Å². The van der Waals surface area contributed by atoms with E-state index in [2.05, 4.69) is 53.7 Å². The zero-order valence-electron chi connectivity index (χ0n) is 35.9. The molecule has 63 heavy (non-hydrogen) atoms. The van der Waals surface area contributed by atoms with Gasteiger partial charge in [0.25, 0.3) is 14.2 Å². The van der Waals surface area contributed by atoms with E-state index in [1.165, 1.54) is 18.6 Å². The number of hydrogen-bond donors (Lipinski definition) is 1. The Labute approximate surface area is 366 Å². The second-order valence-corrected chi connectivity index (χ2v) is 17.1. The first-order valence-corrected chi connectivity index (χ1v) is 21.9. The van der Waals surface area contributed by atoms with Crippen LogP contribution < -0.4 is 14.8 Å². The Hall–Kier alpha value is -6.05. The van der Waals surface area contributed by atoms with Crippen LogP contribution in [0.25, 0.3) is 22.2 Å². The van der Waals surface area contributed by atoms with Crippen LogP contribution in [-0.2, 0) is 24.1 Å². The number of ether oxygens (including phenoxy) is 4. The third kappa shape index (κ3) is 8.56. The fraction of sp³-hybridized carbons (Fsp3) is 0.348. The van der Waals surface area contributed by atoms with Crippen LogP contribution in [0.15, 0.2) is 104 Å². The van der Waals surface area contributed by atoms with Crippen LogP contribution in [0.4, 0.5) is 17.3 Å². The number of nitrogens with zero attached hydrogens (tertiary/aromatic N) is 7. The predicted molar refractivity (Wildman–Crippen MR) is 238 cm³/mol. The highest BCUT2D eigenvalue weighted by Gasteiger charge is 2.45. The SMILES string of the molecule is COc1ccc(C(OC[C@H]2O[C@@H](n3cc4c5c(ncnc53)Nc3ncc([N+](=O)[O-])cc3-4)C[C@@H]2OP(OCCC#N)N(C(C)C)C(C)C)(c2ccccc2)c2ccc(OC)cc2)cc1. The minimum Gasteiger partial charge on any atom is -0.497 e. The van der Waals surface area contributed by atoms with Crippen molar-refractivity contribution >= 4 is 36.9 Å². The molecular formula is C46H49N8O8P. The fourth-order valence-electron chi connectivity index (χ4n) is 8.40. The summed E-state index contributed by atoms with van der Waals surface area (Å²) >= 11 is 0. The van der Waals surface area contributed by atoms with Gasteiger partial charge in [0.15, 0.2) is 0 Å². The molecule has 16 nitrogen and oxygen atoms in total. The first-order chi connectivity index (χ1) is 30.6. The lowest BCUT2D eigenvalue weighted by Gasteiger charge is -2.39. The van der Waals surface area contributed by atoms with Crippen molar-refractivity contribution in [1.82, 2.24) is 24.2 Å². The number of aromatic nitrogens is 4. The summed E-state index contributed by atoms with van der Waals surface area (Å²) in [4.78, 5) is 25.0. The predicted octanol–water partition coefficient (Wildman–Crippen LogP) is 9.43. The summed E-state index contributed by atoms with van der Waals surface area (Å²) in [5.74, 6) is 2.38. The molecule has 1 unspecified atom stereocenters. The molecule has 17 heteroatoms. The van der Waals surface area contributed by atoms with Crippen LogP contribution in [0.1, 0.15) is 63.5 Å². The Kier molecular flexibility index (Phi) is 13.0. The Morgan fingerprint density at radius 3 is 2.19 bits per heavy atom. The van der Waals surface area contributed by atoms with Gasteiger partial charge in [0, 0.05) is 41.9 Å². The molecule has 5 heterocycles. The molecule has 2 aliphatic heterocycles. The second kappa shape index (κ2) is 18.7. The molecule has 1 fully saturated rings. The number of methoxy groups -OCH3 is 2. The van der Waals surface area contributed by atoms with Crippen LogP contribution in [-0.4, -0.2) is 80.8 Å². The topological polar surface area (TPSA) is 181 Å². The molecule has 0 saturated carbocycles. The Bertz CT molecular complexity index is 2530. The van der Waals surface area contributed by atoms with Crippen LogP contribution in [0.5, 0.6) is 11.5 Å². The van der Waals surface area contributed by atoms with E-state index < -0.39 is 37.5 Å². The minimum atomic E-state index is -1.69. The van der Waals surface area contributed by atoms with Gasteiger partial charge in [-0.2, -0.15) is 5.26 Å². The van der Waals surface area contributed by atoms with E-state index in [0.29, 0.717) is 51.7 Å². The van der Waals surface area contributed by atoms with Crippen LogP contribution >= 0.6 is 8.53 Å². The number of nitriles is 1. The van der Waals surface area contributed by atoms with Crippen molar-refractivity contribution in [2.24, 2.45) is 0 Å². The number of rotatable bonds is 18. The van der Waals surface area contributed by atoms with E-state index in [1.54, 1.807) is 14.2 Å². The Balaban J connectivity index is 1.23. The van der Waals surface area contributed by atoms with Crippen molar-refractivity contribution < 1.29 is 32.9 Å². The van der Waals surface area contributed by atoms with Crippen LogP contribution in [0.2, 0.25) is 0 Å². The monoisotopic (exact) mass is 872 g/mol. The van der Waals surface area contributed by atoms with Crippen molar-refractivity contribution in [3.63, 3.8) is 0 Å². The number of nitro groups is 1. The van der Waals surface area contributed by atoms with Gasteiger partial charge < -0.3 is 37.9 Å². The summed E-state index contributed by atoms with van der Waals surface area (Å²) in [6.45, 7) is 8.63. The summed E-state index contributed by atoms with van der Waals surface area (Å²) in [6.07, 6.45) is 3.26. The van der Waals surface area contributed by atoms with Gasteiger partial charge in [0.1, 0.15) is 59.2 Å². The van der Waals surface area contributed by atoms with Gasteiger partial charge in [-0.05, 0) is 68.7 Å². The summed E-state index contributed by atoms with van der Waals surface area (Å²) < 4.78 is 43.3. The molecule has 326 valence electrons. The molecule has 1 N–H and O–H groups in total. The molecule has 8 rings (SSSR count). The van der Waals surface area contributed by atoms with Gasteiger partial charge in [-0.1, -0.05) is 54.6 Å². The minimum absolute atomic E-state index is 0.0554. The maximum absolute atomic E-state index is 11.9. The fourth-order valence-corrected chi connectivity index (χ4v) is 10.2. The summed E-state index contributed by atoms with van der Waals surface area (Å²) in [7, 11) is 1.58. The van der Waals surface area contributed by atoms with Crippen molar-refractivity contribution in [3.8, 4) is 28.7 Å². The van der Waals surface area contributed by atoms with Crippen LogP contribution in [0, 0.1) is 21.4 Å². The molecule has 0 radical (unpaired) electrons. The maximum Gasteiger partial charge on any atom is 0.288 e. The number of pyridine rings is 1. The molecule has 0 amide bonds. The van der Waals surface area contributed by atoms with Gasteiger partial charge in [-0.25, -0.2) is 19.6 Å². The first-order valence-electron chi connectivity index (χ1n) is 20.7. The van der Waals surface area contributed by atoms with E-state index >= 15 is 0 Å². The van der Waals surface area contributed by atoms with Crippen molar-refractivity contribution in [3.05, 3.63) is 130 Å². The molecule has 1 saturated heterocycles. The average Bonchev–Trinajstić information content (AvgIpc) is 3.89. The van der Waals surface area contributed by atoms with Gasteiger partial charge in [0.05, 0.1) is 56.3 Å². The van der Waals surface area contributed by atoms with Crippen molar-refractivity contribution in [2.45, 2.75) is 76.7 Å². The quantitative estimate of drug-likeness (QED) is 0.0283. The molecule has 4 atom stereocenters. The standard InChI is InChI=1S/C46H49N8O8P/c1-29(2)53(30(3)4)63(60-22-10-21-47)62-39-24-41(52-26-38-37-23-34(54(55)56)25-48-43(37)51-44-42(38)45(52)50-28-49-44)61-40(39)27-59-46(31-11-8-7-9-12-31,32-13-17-35(57-5)18-14-32)33-15-19-36(58-6)20-16-33/h7-9,11-20,23,25-26,28-30,39-41H,10,22,24,27H2,1-6H3,(H,48,49,50,51)/t39-,40+,41+,63?/m0/s1. The Morgan fingerprint density at radius 1 is 0.937 bits per heavy atom. The van der Waals surface area contributed by atoms with Crippen LogP contribution in [0.3, 0.4) is 0 Å². The Morgan fingerprint density at radius 2 is 1.59 bits per heavy atom. The van der Waals surface area contributed by atoms with Crippen molar-refractivity contribution in [1.29, 1.82) is 5.26 Å². The average molecular weight is 873 g/mol. The van der Waals surface area contributed by atoms with Gasteiger partial charge >= 0.3 is 0 Å². The number of nitrogens with one attached hydrogen (secondary N) is 1. The molecule has 2 aliphatic rings. The molecule has 3 aromatic carbocycles. The smallest absolute Gasteiger partial charge is 0.288 e. The number of benzene rings is 3. The largest absolute Gasteiger partial charge is 0.497 e. The third-order valence-electron chi connectivity index (χ3n) is 11.2. The normalized spacial score (nSPS) is 17.4. The highest BCUT2D eigenvalue weighted by Crippen LogP contribution is 2.52. The molecule has 6 aromatic rings. The highest BCUT2D eigenvalue weighted by atomic mass is 31.2. The lowest BCUT2D eigenvalue weighted by molar-refractivity contribution is -0.385. The molecular weight excluding hydrogens is 824 g/mol. The van der Waals surface area contributed by atoms with E-state index in [9.17, 15) is 15.4 Å². The summed E-state index contributed by atoms with van der Waals surface area (Å²) in [5, 5.41) is 25.2. The number of anilines is 2. The van der Waals surface area contributed by atoms with Gasteiger partial charge in [0.2, 0.25) is 0 Å². The number of hydrogen-bond acceptors (Lipinski definition) is 14. The third-order valence-corrected chi connectivity index (χ3v) is 13.4. The van der Waals surface area contributed by atoms with Crippen molar-refractivity contribution in [2.75, 3.05) is 32.8 Å². The lowest BCUT2D eigenvalue weighted by Crippen LogP contribution is -2.39. The van der Waals surface area contributed by atoms with E-state index in [1.807, 2.05) is 89.6 Å². The molecule has 0 aliphatic carbocycles. The van der Waals surface area contributed by atoms with E-state index in [4.69, 9.17) is 33.0 Å². The highest BCUT2D eigenvalue weighted by molar-refractivity contribution is 7.44. The number of fused-ring (bicyclic) bond motifs is 2. The molecule has 0 spiro atoms. The zero-order valence-corrected chi connectivity index (χ0v) is 36.8. The first kappa shape index (κ1) is 43.6. The zero-order chi connectivity index (χ0) is 44.3. The summed E-state index contributed by atoms with van der Waals surface area (Å²) in [6, 6.07) is 29.5. The maximum atomic E-state index is 11.9.